The van der Waals surface area contributed by atoms with Gasteiger partial charge in [0.15, 0.2) is 0 Å². The van der Waals surface area contributed by atoms with Gasteiger partial charge in [-0.05, 0) is 56.1 Å². The summed E-state index contributed by atoms with van der Waals surface area (Å²) in [7, 11) is 0. The van der Waals surface area contributed by atoms with Crippen molar-refractivity contribution in [1.82, 2.24) is 15.5 Å². The highest BCUT2D eigenvalue weighted by Gasteiger charge is 2.51. The summed E-state index contributed by atoms with van der Waals surface area (Å²) in [5.74, 6) is 2.08. The van der Waals surface area contributed by atoms with Crippen LogP contribution in [-0.2, 0) is 16.6 Å². The van der Waals surface area contributed by atoms with Crippen LogP contribution in [0.2, 0.25) is 0 Å². The van der Waals surface area contributed by atoms with E-state index < -0.39 is 0 Å². The summed E-state index contributed by atoms with van der Waals surface area (Å²) >= 11 is 0. The molecule has 2 atom stereocenters. The minimum absolute atomic E-state index is 0.0552. The largest absolute Gasteiger partial charge is 0.424 e. The first kappa shape index (κ1) is 16.3. The topological polar surface area (TPSA) is 68.0 Å². The molecule has 2 aromatic rings. The first-order valence-corrected chi connectivity index (χ1v) is 9.23. The van der Waals surface area contributed by atoms with Crippen LogP contribution in [0.15, 0.2) is 28.7 Å². The fourth-order valence-electron chi connectivity index (χ4n) is 4.29. The number of amides is 1. The zero-order valence-corrected chi connectivity index (χ0v) is 14.9. The minimum Gasteiger partial charge on any atom is -0.424 e. The van der Waals surface area contributed by atoms with Gasteiger partial charge in [0.2, 0.25) is 17.7 Å². The number of benzene rings is 1. The molecule has 1 aromatic carbocycles. The van der Waals surface area contributed by atoms with Crippen LogP contribution in [-0.4, -0.2) is 22.1 Å². The molecule has 4 rings (SSSR count). The van der Waals surface area contributed by atoms with Gasteiger partial charge in [0.05, 0.1) is 5.41 Å². The molecule has 0 spiro atoms. The lowest BCUT2D eigenvalue weighted by molar-refractivity contribution is -0.119. The van der Waals surface area contributed by atoms with E-state index in [1.165, 1.54) is 11.1 Å². The molecule has 1 N–H and O–H groups in total. The van der Waals surface area contributed by atoms with E-state index in [1.54, 1.807) is 6.92 Å². The van der Waals surface area contributed by atoms with Gasteiger partial charge in [0, 0.05) is 19.4 Å². The standard InChI is InChI=1S/C20H25N3O2/c1-13-5-3-4-6-17(13)20(9-10-20)19-23-22-18(25-19)12-15-7-8-16(11-15)21-14(2)24/h3-6,15-16H,7-12H2,1-2H3,(H,21,24)/t15-,16+/m1/s1. The summed E-state index contributed by atoms with van der Waals surface area (Å²) in [6.07, 6.45) is 6.11. The van der Waals surface area contributed by atoms with Gasteiger partial charge in [0.25, 0.3) is 0 Å². The highest BCUT2D eigenvalue weighted by Crippen LogP contribution is 2.53. The van der Waals surface area contributed by atoms with E-state index in [0.29, 0.717) is 12.0 Å². The summed E-state index contributed by atoms with van der Waals surface area (Å²) in [5, 5.41) is 11.7. The number of nitrogens with one attached hydrogen (secondary N) is 1. The monoisotopic (exact) mass is 339 g/mol. The molecular weight excluding hydrogens is 314 g/mol. The van der Waals surface area contributed by atoms with E-state index in [0.717, 1.165) is 50.3 Å². The highest BCUT2D eigenvalue weighted by atomic mass is 16.4. The number of hydrogen-bond donors (Lipinski definition) is 1. The Morgan fingerprint density at radius 3 is 2.80 bits per heavy atom. The lowest BCUT2D eigenvalue weighted by Crippen LogP contribution is -2.30. The molecule has 2 aliphatic rings. The summed E-state index contributed by atoms with van der Waals surface area (Å²) in [4.78, 5) is 11.2. The van der Waals surface area contributed by atoms with Gasteiger partial charge in [-0.2, -0.15) is 0 Å². The normalized spacial score (nSPS) is 24.2. The Balaban J connectivity index is 1.45. The molecular formula is C20H25N3O2. The van der Waals surface area contributed by atoms with E-state index in [-0.39, 0.29) is 11.3 Å². The molecule has 0 aliphatic heterocycles. The van der Waals surface area contributed by atoms with E-state index in [1.807, 2.05) is 0 Å². The zero-order chi connectivity index (χ0) is 17.4. The van der Waals surface area contributed by atoms with E-state index in [9.17, 15) is 4.79 Å². The Hall–Kier alpha value is -2.17. The predicted octanol–water partition coefficient (Wildman–Crippen LogP) is 3.31. The van der Waals surface area contributed by atoms with Crippen LogP contribution in [0.3, 0.4) is 0 Å². The third-order valence-corrected chi connectivity index (χ3v) is 5.70. The Kier molecular flexibility index (Phi) is 4.10. The van der Waals surface area contributed by atoms with Crippen molar-refractivity contribution in [2.24, 2.45) is 5.92 Å². The summed E-state index contributed by atoms with van der Waals surface area (Å²) in [5.41, 5.74) is 2.54. The van der Waals surface area contributed by atoms with Crippen LogP contribution < -0.4 is 5.32 Å². The average molecular weight is 339 g/mol. The van der Waals surface area contributed by atoms with Gasteiger partial charge in [-0.1, -0.05) is 24.3 Å². The number of nitrogens with zero attached hydrogens (tertiary/aromatic N) is 2. The van der Waals surface area contributed by atoms with Crippen molar-refractivity contribution in [2.75, 3.05) is 0 Å². The first-order chi connectivity index (χ1) is 12.1. The first-order valence-electron chi connectivity index (χ1n) is 9.23. The van der Waals surface area contributed by atoms with E-state index >= 15 is 0 Å². The molecule has 2 aliphatic carbocycles. The molecule has 0 radical (unpaired) electrons. The molecule has 2 saturated carbocycles. The van der Waals surface area contributed by atoms with Gasteiger partial charge in [-0.15, -0.1) is 10.2 Å². The molecule has 1 aromatic heterocycles. The molecule has 2 fully saturated rings. The summed E-state index contributed by atoms with van der Waals surface area (Å²) in [6, 6.07) is 8.78. The smallest absolute Gasteiger partial charge is 0.227 e. The van der Waals surface area contributed by atoms with Crippen molar-refractivity contribution in [3.8, 4) is 0 Å². The average Bonchev–Trinajstić information content (AvgIpc) is 3.03. The fraction of sp³-hybridized carbons (Fsp3) is 0.550. The number of carbonyl (C=O) groups is 1. The maximum absolute atomic E-state index is 11.2. The van der Waals surface area contributed by atoms with Crippen LogP contribution in [0.25, 0.3) is 0 Å². The van der Waals surface area contributed by atoms with Crippen molar-refractivity contribution in [2.45, 2.75) is 63.8 Å². The number of rotatable bonds is 5. The number of carbonyl (C=O) groups excluding carboxylic acids is 1. The molecule has 1 amide bonds. The van der Waals surface area contributed by atoms with Crippen molar-refractivity contribution in [1.29, 1.82) is 0 Å². The van der Waals surface area contributed by atoms with Crippen LogP contribution in [0, 0.1) is 12.8 Å². The molecule has 1 heterocycles. The highest BCUT2D eigenvalue weighted by molar-refractivity contribution is 5.73. The Labute approximate surface area is 148 Å². The second kappa shape index (κ2) is 6.28. The van der Waals surface area contributed by atoms with E-state index in [4.69, 9.17) is 4.42 Å². The maximum atomic E-state index is 11.2. The van der Waals surface area contributed by atoms with Crippen molar-refractivity contribution in [3.05, 3.63) is 47.2 Å². The molecule has 0 unspecified atom stereocenters. The SMILES string of the molecule is CC(=O)N[C@H]1CC[C@@H](Cc2nnc(C3(c4ccccc4C)CC3)o2)C1. The summed E-state index contributed by atoms with van der Waals surface area (Å²) in [6.45, 7) is 3.73. The molecule has 5 nitrogen and oxygen atoms in total. The van der Waals surface area contributed by atoms with Crippen LogP contribution >= 0.6 is 0 Å². The zero-order valence-electron chi connectivity index (χ0n) is 14.9. The molecule has 132 valence electrons. The molecule has 0 bridgehead atoms. The fourth-order valence-corrected chi connectivity index (χ4v) is 4.29. The molecule has 0 saturated heterocycles. The van der Waals surface area contributed by atoms with Crippen LogP contribution in [0.1, 0.15) is 61.9 Å². The third-order valence-electron chi connectivity index (χ3n) is 5.70. The van der Waals surface area contributed by atoms with Crippen molar-refractivity contribution in [3.63, 3.8) is 0 Å². The second-order valence-electron chi connectivity index (χ2n) is 7.68. The predicted molar refractivity (Wildman–Crippen MR) is 94.1 cm³/mol. The van der Waals surface area contributed by atoms with Gasteiger partial charge >= 0.3 is 0 Å². The molecule has 25 heavy (non-hydrogen) atoms. The number of hydrogen-bond acceptors (Lipinski definition) is 4. The van der Waals surface area contributed by atoms with Crippen LogP contribution in [0.4, 0.5) is 0 Å². The Bertz CT molecular complexity index is 779. The van der Waals surface area contributed by atoms with Gasteiger partial charge in [-0.25, -0.2) is 0 Å². The van der Waals surface area contributed by atoms with Gasteiger partial charge < -0.3 is 9.73 Å². The van der Waals surface area contributed by atoms with Crippen LogP contribution in [0.5, 0.6) is 0 Å². The van der Waals surface area contributed by atoms with Gasteiger partial charge in [-0.3, -0.25) is 4.79 Å². The second-order valence-corrected chi connectivity index (χ2v) is 7.68. The van der Waals surface area contributed by atoms with Crippen molar-refractivity contribution < 1.29 is 9.21 Å². The van der Waals surface area contributed by atoms with Gasteiger partial charge in [0.1, 0.15) is 0 Å². The quantitative estimate of drug-likeness (QED) is 0.907. The summed E-state index contributed by atoms with van der Waals surface area (Å²) < 4.78 is 6.09. The lowest BCUT2D eigenvalue weighted by atomic mass is 9.92. The Morgan fingerprint density at radius 2 is 2.08 bits per heavy atom. The maximum Gasteiger partial charge on any atom is 0.227 e. The minimum atomic E-state index is -0.0645. The number of aryl methyl sites for hydroxylation is 1. The Morgan fingerprint density at radius 1 is 1.28 bits per heavy atom. The lowest BCUT2D eigenvalue weighted by Gasteiger charge is -2.14. The third kappa shape index (κ3) is 3.20. The molecule has 5 heteroatoms. The number of aromatic nitrogens is 2. The van der Waals surface area contributed by atoms with E-state index in [2.05, 4.69) is 46.7 Å². The van der Waals surface area contributed by atoms with Crippen molar-refractivity contribution >= 4 is 5.91 Å².